The molecule has 2 unspecified atom stereocenters. The average molecular weight is 619 g/mol. The molecule has 3 aliphatic carbocycles. The van der Waals surface area contributed by atoms with Crippen LogP contribution in [0.1, 0.15) is 73.5 Å². The second-order valence-electron chi connectivity index (χ2n) is 12.7. The highest BCUT2D eigenvalue weighted by molar-refractivity contribution is 7.91. The molecule has 1 aliphatic heterocycles. The third-order valence-corrected chi connectivity index (χ3v) is 12.8. The van der Waals surface area contributed by atoms with E-state index in [1.165, 1.54) is 12.1 Å². The van der Waals surface area contributed by atoms with Crippen LogP contribution in [0.25, 0.3) is 10.4 Å². The van der Waals surface area contributed by atoms with E-state index < -0.39 is 15.4 Å². The predicted octanol–water partition coefficient (Wildman–Crippen LogP) is 5.71. The predicted molar refractivity (Wildman–Crippen MR) is 165 cm³/mol. The number of thiazole rings is 1. The fourth-order valence-corrected chi connectivity index (χ4v) is 9.41. The van der Waals surface area contributed by atoms with E-state index in [1.54, 1.807) is 11.3 Å². The lowest BCUT2D eigenvalue weighted by atomic mass is 9.76. The Morgan fingerprint density at radius 1 is 1.00 bits per heavy atom. The summed E-state index contributed by atoms with van der Waals surface area (Å²) in [4.78, 5) is 22.1. The molecule has 4 aliphatic rings. The summed E-state index contributed by atoms with van der Waals surface area (Å²) in [5.41, 5.74) is 3.10. The Morgan fingerprint density at radius 3 is 2.30 bits per heavy atom. The van der Waals surface area contributed by atoms with Gasteiger partial charge in [-0.3, -0.25) is 4.79 Å². The molecule has 1 amide bonds. The summed E-state index contributed by atoms with van der Waals surface area (Å²) >= 11 is 1.68. The number of halogens is 1. The monoisotopic (exact) mass is 618 g/mol. The van der Waals surface area contributed by atoms with Crippen molar-refractivity contribution in [1.29, 1.82) is 5.26 Å². The van der Waals surface area contributed by atoms with Crippen LogP contribution in [0.15, 0.2) is 48.5 Å². The molecule has 1 saturated heterocycles. The zero-order chi connectivity index (χ0) is 29.8. The van der Waals surface area contributed by atoms with E-state index in [0.717, 1.165) is 70.9 Å². The lowest BCUT2D eigenvalue weighted by Gasteiger charge is -2.31. The number of anilines is 1. The summed E-state index contributed by atoms with van der Waals surface area (Å²) in [6.07, 6.45) is 6.91. The Bertz CT molecular complexity index is 1670. The van der Waals surface area contributed by atoms with Crippen molar-refractivity contribution in [2.24, 2.45) is 5.92 Å². The van der Waals surface area contributed by atoms with Crippen LogP contribution in [0.4, 0.5) is 10.1 Å². The zero-order valence-corrected chi connectivity index (χ0v) is 25.7. The highest BCUT2D eigenvalue weighted by Crippen LogP contribution is 2.57. The normalized spacial score (nSPS) is 25.0. The van der Waals surface area contributed by atoms with Gasteiger partial charge in [0.2, 0.25) is 5.91 Å². The fourth-order valence-electron chi connectivity index (χ4n) is 6.80. The molecule has 0 bridgehead atoms. The van der Waals surface area contributed by atoms with Crippen LogP contribution in [-0.4, -0.2) is 49.4 Å². The van der Waals surface area contributed by atoms with Gasteiger partial charge in [-0.05, 0) is 73.9 Å². The molecule has 1 aromatic heterocycles. The first-order valence-corrected chi connectivity index (χ1v) is 17.9. The zero-order valence-electron chi connectivity index (χ0n) is 24.0. The summed E-state index contributed by atoms with van der Waals surface area (Å²) < 4.78 is 37.7. The first-order valence-electron chi connectivity index (χ1n) is 15.3. The average Bonchev–Trinajstić information content (AvgIpc) is 3.95. The molecule has 0 radical (unpaired) electrons. The van der Waals surface area contributed by atoms with Gasteiger partial charge >= 0.3 is 0 Å². The van der Waals surface area contributed by atoms with Crippen molar-refractivity contribution in [3.05, 3.63) is 70.6 Å². The molecule has 1 N–H and O–H groups in total. The second kappa shape index (κ2) is 10.7. The smallest absolute Gasteiger partial charge is 0.225 e. The number of amides is 1. The minimum atomic E-state index is -2.96. The molecule has 2 aromatic carbocycles. The van der Waals surface area contributed by atoms with Crippen LogP contribution >= 0.6 is 11.3 Å². The van der Waals surface area contributed by atoms with E-state index in [0.29, 0.717) is 25.9 Å². The molecule has 0 spiro atoms. The number of carbonyl (C=O) groups is 1. The van der Waals surface area contributed by atoms with Gasteiger partial charge < -0.3 is 10.2 Å². The van der Waals surface area contributed by atoms with Crippen LogP contribution in [0, 0.1) is 23.1 Å². The molecule has 7 nitrogen and oxygen atoms in total. The Balaban J connectivity index is 1.25. The minimum Gasteiger partial charge on any atom is -0.369 e. The van der Waals surface area contributed by atoms with Gasteiger partial charge in [-0.25, -0.2) is 17.8 Å². The first kappa shape index (κ1) is 28.5. The van der Waals surface area contributed by atoms with Gasteiger partial charge in [-0.15, -0.1) is 11.3 Å². The number of hydrogen-bond donors (Lipinski definition) is 1. The van der Waals surface area contributed by atoms with E-state index in [-0.39, 0.29) is 40.5 Å². The highest BCUT2D eigenvalue weighted by atomic mass is 32.2. The Kier molecular flexibility index (Phi) is 7.09. The number of rotatable bonds is 7. The number of sulfone groups is 1. The lowest BCUT2D eigenvalue weighted by molar-refractivity contribution is -0.127. The van der Waals surface area contributed by atoms with Gasteiger partial charge in [0, 0.05) is 36.0 Å². The molecule has 4 fully saturated rings. The molecule has 3 saturated carbocycles. The van der Waals surface area contributed by atoms with Crippen molar-refractivity contribution in [2.45, 2.75) is 68.2 Å². The standard InChI is InChI=1S/C33H35FN4O3S2/c34-24-9-7-23(8-10-24)33(15-16-33)31-36-28(26-3-1-2-4-27(26)30(39)37-32(21-35)13-14-32)29(42-31)22-5-11-25(12-6-22)38-17-19-43(40,41)20-18-38/h5-12,26-27H,1-4,13-20H2,(H,37,39). The van der Waals surface area contributed by atoms with E-state index in [2.05, 4.69) is 40.6 Å². The Morgan fingerprint density at radius 2 is 1.67 bits per heavy atom. The van der Waals surface area contributed by atoms with Crippen LogP contribution in [-0.2, 0) is 20.0 Å². The first-order chi connectivity index (χ1) is 20.7. The molecular formula is C33H35FN4O3S2. The van der Waals surface area contributed by atoms with Crippen LogP contribution in [0.2, 0.25) is 0 Å². The van der Waals surface area contributed by atoms with Crippen molar-refractivity contribution in [3.8, 4) is 16.5 Å². The van der Waals surface area contributed by atoms with Gasteiger partial charge in [-0.2, -0.15) is 5.26 Å². The van der Waals surface area contributed by atoms with Gasteiger partial charge in [-0.1, -0.05) is 37.1 Å². The fraction of sp³-hybridized carbons (Fsp3) is 0.485. The third-order valence-electron chi connectivity index (χ3n) is 9.83. The van der Waals surface area contributed by atoms with Crippen LogP contribution < -0.4 is 10.2 Å². The Labute approximate surface area is 256 Å². The van der Waals surface area contributed by atoms with E-state index in [4.69, 9.17) is 4.98 Å². The molecule has 10 heteroatoms. The van der Waals surface area contributed by atoms with Crippen molar-refractivity contribution in [1.82, 2.24) is 10.3 Å². The largest absolute Gasteiger partial charge is 0.369 e. The van der Waals surface area contributed by atoms with Gasteiger partial charge in [0.05, 0.1) is 28.1 Å². The highest BCUT2D eigenvalue weighted by Gasteiger charge is 2.50. The maximum atomic E-state index is 13.8. The van der Waals surface area contributed by atoms with E-state index >= 15 is 0 Å². The number of carbonyl (C=O) groups excluding carboxylic acids is 1. The molecular weight excluding hydrogens is 584 g/mol. The topological polar surface area (TPSA) is 103 Å². The SMILES string of the molecule is N#CC1(NC(=O)C2CCCCC2c2nc(C3(c4ccc(F)cc4)CC3)sc2-c2ccc(N3CCS(=O)(=O)CC3)cc2)CC1. The lowest BCUT2D eigenvalue weighted by Crippen LogP contribution is -2.42. The van der Waals surface area contributed by atoms with Crippen molar-refractivity contribution in [2.75, 3.05) is 29.5 Å². The molecule has 2 atom stereocenters. The van der Waals surface area contributed by atoms with Gasteiger partial charge in [0.15, 0.2) is 9.84 Å². The number of nitriles is 1. The minimum absolute atomic E-state index is 0.0423. The summed E-state index contributed by atoms with van der Waals surface area (Å²) in [5, 5.41) is 13.7. The molecule has 7 rings (SSSR count). The van der Waals surface area contributed by atoms with Crippen LogP contribution in [0.3, 0.4) is 0 Å². The number of aromatic nitrogens is 1. The summed E-state index contributed by atoms with van der Waals surface area (Å²) in [7, 11) is -2.96. The second-order valence-corrected chi connectivity index (χ2v) is 16.0. The number of benzene rings is 2. The van der Waals surface area contributed by atoms with Crippen molar-refractivity contribution >= 4 is 32.8 Å². The van der Waals surface area contributed by atoms with Crippen LogP contribution in [0.5, 0.6) is 0 Å². The number of nitrogens with one attached hydrogen (secondary N) is 1. The van der Waals surface area contributed by atoms with Crippen molar-refractivity contribution in [3.63, 3.8) is 0 Å². The third kappa shape index (κ3) is 5.46. The van der Waals surface area contributed by atoms with E-state index in [1.807, 2.05) is 12.1 Å². The Hall–Kier alpha value is -3.29. The molecule has 43 heavy (non-hydrogen) atoms. The summed E-state index contributed by atoms with van der Waals surface area (Å²) in [6, 6.07) is 17.3. The van der Waals surface area contributed by atoms with Gasteiger partial charge in [0.25, 0.3) is 0 Å². The summed E-state index contributed by atoms with van der Waals surface area (Å²) in [5.74, 6) is -0.266. The maximum Gasteiger partial charge on any atom is 0.225 e. The maximum absolute atomic E-state index is 13.8. The summed E-state index contributed by atoms with van der Waals surface area (Å²) in [6.45, 7) is 0.974. The van der Waals surface area contributed by atoms with Gasteiger partial charge in [0.1, 0.15) is 16.4 Å². The number of hydrogen-bond acceptors (Lipinski definition) is 7. The molecule has 2 heterocycles. The molecule has 224 valence electrons. The number of nitrogens with zero attached hydrogens (tertiary/aromatic N) is 3. The van der Waals surface area contributed by atoms with E-state index in [9.17, 15) is 22.9 Å². The van der Waals surface area contributed by atoms with Crippen molar-refractivity contribution < 1.29 is 17.6 Å². The molecule has 3 aromatic rings. The quantitative estimate of drug-likeness (QED) is 0.364.